The van der Waals surface area contributed by atoms with Crippen molar-refractivity contribution in [2.75, 3.05) is 0 Å². The second kappa shape index (κ2) is 2.47. The summed E-state index contributed by atoms with van der Waals surface area (Å²) in [6.07, 6.45) is 2.04. The van der Waals surface area contributed by atoms with Crippen molar-refractivity contribution in [1.82, 2.24) is 4.98 Å². The molecule has 1 aliphatic rings. The van der Waals surface area contributed by atoms with Crippen molar-refractivity contribution >= 4 is 11.6 Å². The molecule has 58 valence electrons. The molecule has 2 rings (SSSR count). The molecule has 0 unspecified atom stereocenters. The number of pyridine rings is 1. The van der Waals surface area contributed by atoms with Crippen LogP contribution < -0.4 is 5.73 Å². The molecular weight excluding hydrogens is 160 g/mol. The summed E-state index contributed by atoms with van der Waals surface area (Å²) in [6, 6.07) is 3.93. The van der Waals surface area contributed by atoms with Crippen LogP contribution in [-0.4, -0.2) is 4.98 Å². The van der Waals surface area contributed by atoms with Gasteiger partial charge in [0, 0.05) is 6.04 Å². The van der Waals surface area contributed by atoms with E-state index < -0.39 is 0 Å². The molecule has 0 saturated carbocycles. The van der Waals surface area contributed by atoms with E-state index in [0.29, 0.717) is 5.15 Å². The van der Waals surface area contributed by atoms with Gasteiger partial charge in [0.2, 0.25) is 0 Å². The van der Waals surface area contributed by atoms with Gasteiger partial charge in [0.15, 0.2) is 0 Å². The number of rotatable bonds is 0. The Kier molecular flexibility index (Phi) is 1.59. The topological polar surface area (TPSA) is 38.9 Å². The number of nitrogens with two attached hydrogens (primary N) is 1. The summed E-state index contributed by atoms with van der Waals surface area (Å²) in [6.45, 7) is 0. The van der Waals surface area contributed by atoms with E-state index >= 15 is 0 Å². The molecule has 0 amide bonds. The molecule has 3 heteroatoms. The Morgan fingerprint density at radius 2 is 2.36 bits per heavy atom. The fourth-order valence-corrected chi connectivity index (χ4v) is 1.61. The minimum absolute atomic E-state index is 0.101. The van der Waals surface area contributed by atoms with Crippen LogP contribution in [0.2, 0.25) is 5.15 Å². The number of aromatic nitrogens is 1. The Balaban J connectivity index is 2.52. The van der Waals surface area contributed by atoms with E-state index in [1.807, 2.05) is 12.1 Å². The van der Waals surface area contributed by atoms with Crippen LogP contribution in [0.5, 0.6) is 0 Å². The number of fused-ring (bicyclic) bond motifs is 1. The van der Waals surface area contributed by atoms with Crippen LogP contribution >= 0.6 is 11.6 Å². The molecule has 1 heterocycles. The number of hydrogen-bond acceptors (Lipinski definition) is 2. The summed E-state index contributed by atoms with van der Waals surface area (Å²) in [4.78, 5) is 4.18. The molecule has 0 aliphatic heterocycles. The highest BCUT2D eigenvalue weighted by atomic mass is 35.5. The Morgan fingerprint density at radius 1 is 1.55 bits per heavy atom. The van der Waals surface area contributed by atoms with Crippen molar-refractivity contribution in [3.63, 3.8) is 0 Å². The van der Waals surface area contributed by atoms with Crippen LogP contribution in [-0.2, 0) is 6.42 Å². The monoisotopic (exact) mass is 168 g/mol. The van der Waals surface area contributed by atoms with Crippen LogP contribution in [0.25, 0.3) is 0 Å². The molecule has 0 bridgehead atoms. The van der Waals surface area contributed by atoms with Crippen molar-refractivity contribution in [3.8, 4) is 0 Å². The highest BCUT2D eigenvalue weighted by Crippen LogP contribution is 2.28. The first-order valence-electron chi connectivity index (χ1n) is 3.68. The van der Waals surface area contributed by atoms with Crippen LogP contribution in [0.1, 0.15) is 23.7 Å². The fourth-order valence-electron chi connectivity index (χ4n) is 1.46. The van der Waals surface area contributed by atoms with E-state index in [9.17, 15) is 0 Å². The predicted molar refractivity (Wildman–Crippen MR) is 44.5 cm³/mol. The lowest BCUT2D eigenvalue weighted by atomic mass is 10.2. The Hall–Kier alpha value is -0.600. The standard InChI is InChI=1S/C8H9ClN2/c9-7-4-2-5-1-3-6(10)8(5)11-7/h2,4,6H,1,3,10H2/t6-/m0/s1. The zero-order valence-electron chi connectivity index (χ0n) is 6.05. The maximum Gasteiger partial charge on any atom is 0.129 e. The first-order valence-corrected chi connectivity index (χ1v) is 4.06. The van der Waals surface area contributed by atoms with Crippen molar-refractivity contribution in [1.29, 1.82) is 0 Å². The van der Waals surface area contributed by atoms with Crippen LogP contribution in [0.3, 0.4) is 0 Å². The molecule has 0 radical (unpaired) electrons. The lowest BCUT2D eigenvalue weighted by Gasteiger charge is -2.02. The zero-order chi connectivity index (χ0) is 7.84. The van der Waals surface area contributed by atoms with E-state index in [0.717, 1.165) is 18.5 Å². The maximum absolute atomic E-state index is 5.79. The molecule has 0 fully saturated rings. The third-order valence-corrected chi connectivity index (χ3v) is 2.26. The summed E-state index contributed by atoms with van der Waals surface area (Å²) in [5, 5.41) is 0.543. The van der Waals surface area contributed by atoms with Gasteiger partial charge in [-0.2, -0.15) is 0 Å². The number of hydrogen-bond donors (Lipinski definition) is 1. The van der Waals surface area contributed by atoms with Gasteiger partial charge in [0.05, 0.1) is 5.69 Å². The Bertz CT molecular complexity index is 285. The van der Waals surface area contributed by atoms with Crippen LogP contribution in [0.4, 0.5) is 0 Å². The van der Waals surface area contributed by atoms with Crippen molar-refractivity contribution < 1.29 is 0 Å². The van der Waals surface area contributed by atoms with Crippen molar-refractivity contribution in [2.24, 2.45) is 5.73 Å². The summed E-state index contributed by atoms with van der Waals surface area (Å²) in [5.74, 6) is 0. The van der Waals surface area contributed by atoms with Gasteiger partial charge in [0.25, 0.3) is 0 Å². The molecule has 1 aliphatic carbocycles. The van der Waals surface area contributed by atoms with E-state index in [-0.39, 0.29) is 6.04 Å². The van der Waals surface area contributed by atoms with Gasteiger partial charge >= 0.3 is 0 Å². The first-order chi connectivity index (χ1) is 5.27. The number of aryl methyl sites for hydroxylation is 1. The van der Waals surface area contributed by atoms with E-state index in [1.165, 1.54) is 5.56 Å². The Labute approximate surface area is 70.4 Å². The summed E-state index contributed by atoms with van der Waals surface area (Å²) in [5.41, 5.74) is 8.03. The molecule has 0 spiro atoms. The molecule has 1 aromatic rings. The summed E-state index contributed by atoms with van der Waals surface area (Å²) < 4.78 is 0. The average Bonchev–Trinajstić information content (AvgIpc) is 2.33. The van der Waals surface area contributed by atoms with Crippen molar-refractivity contribution in [3.05, 3.63) is 28.5 Å². The molecular formula is C8H9ClN2. The number of halogens is 1. The smallest absolute Gasteiger partial charge is 0.129 e. The lowest BCUT2D eigenvalue weighted by Crippen LogP contribution is -2.07. The zero-order valence-corrected chi connectivity index (χ0v) is 6.80. The SMILES string of the molecule is N[C@H]1CCc2ccc(Cl)nc21. The van der Waals surface area contributed by atoms with Gasteiger partial charge in [0.1, 0.15) is 5.15 Å². The van der Waals surface area contributed by atoms with Crippen LogP contribution in [0, 0.1) is 0 Å². The minimum Gasteiger partial charge on any atom is -0.323 e. The van der Waals surface area contributed by atoms with Gasteiger partial charge in [-0.25, -0.2) is 4.98 Å². The van der Waals surface area contributed by atoms with E-state index in [4.69, 9.17) is 17.3 Å². The fraction of sp³-hybridized carbons (Fsp3) is 0.375. The normalized spacial score (nSPS) is 21.8. The lowest BCUT2D eigenvalue weighted by molar-refractivity contribution is 0.698. The second-order valence-corrected chi connectivity index (χ2v) is 3.21. The van der Waals surface area contributed by atoms with Gasteiger partial charge in [-0.1, -0.05) is 17.7 Å². The Morgan fingerprint density at radius 3 is 3.18 bits per heavy atom. The third kappa shape index (κ3) is 1.12. The largest absolute Gasteiger partial charge is 0.323 e. The highest BCUT2D eigenvalue weighted by Gasteiger charge is 2.19. The third-order valence-electron chi connectivity index (χ3n) is 2.05. The number of nitrogens with zero attached hydrogens (tertiary/aromatic N) is 1. The van der Waals surface area contributed by atoms with E-state index in [1.54, 1.807) is 0 Å². The average molecular weight is 169 g/mol. The summed E-state index contributed by atoms with van der Waals surface area (Å²) in [7, 11) is 0. The molecule has 2 nitrogen and oxygen atoms in total. The first kappa shape index (κ1) is 7.07. The molecule has 11 heavy (non-hydrogen) atoms. The molecule has 0 saturated heterocycles. The van der Waals surface area contributed by atoms with Gasteiger partial charge in [-0.3, -0.25) is 0 Å². The van der Waals surface area contributed by atoms with E-state index in [2.05, 4.69) is 4.98 Å². The summed E-state index contributed by atoms with van der Waals surface area (Å²) >= 11 is 5.72. The predicted octanol–water partition coefficient (Wildman–Crippen LogP) is 1.68. The molecule has 1 aromatic heterocycles. The maximum atomic E-state index is 5.79. The quantitative estimate of drug-likeness (QED) is 0.599. The van der Waals surface area contributed by atoms with Crippen molar-refractivity contribution in [2.45, 2.75) is 18.9 Å². The molecule has 1 atom stereocenters. The minimum atomic E-state index is 0.101. The highest BCUT2D eigenvalue weighted by molar-refractivity contribution is 6.29. The van der Waals surface area contributed by atoms with Gasteiger partial charge in [-0.05, 0) is 24.5 Å². The van der Waals surface area contributed by atoms with Crippen LogP contribution in [0.15, 0.2) is 12.1 Å². The van der Waals surface area contributed by atoms with Gasteiger partial charge in [-0.15, -0.1) is 0 Å². The van der Waals surface area contributed by atoms with Gasteiger partial charge < -0.3 is 5.73 Å². The second-order valence-electron chi connectivity index (χ2n) is 2.82. The molecule has 0 aromatic carbocycles. The molecule has 2 N–H and O–H groups in total.